The van der Waals surface area contributed by atoms with Crippen LogP contribution in [0.15, 0.2) is 47.6 Å². The number of methoxy groups -OCH3 is 1. The van der Waals surface area contributed by atoms with Crippen LogP contribution >= 0.6 is 0 Å². The highest BCUT2D eigenvalue weighted by Gasteiger charge is 2.30. The Balaban J connectivity index is 1.87. The van der Waals surface area contributed by atoms with Crippen LogP contribution in [0.2, 0.25) is 0 Å². The first-order valence-corrected chi connectivity index (χ1v) is 10.3. The SMILES string of the molecule is COc1ccc(C(=O)N[C@H](C)c2cccnc2)cc1S(=O)(=O)N1CCCC1. The third kappa shape index (κ3) is 4.12. The van der Waals surface area contributed by atoms with Gasteiger partial charge < -0.3 is 10.1 Å². The van der Waals surface area contributed by atoms with Crippen LogP contribution in [-0.2, 0) is 10.0 Å². The Morgan fingerprint density at radius 1 is 1.26 bits per heavy atom. The van der Waals surface area contributed by atoms with Crippen molar-refractivity contribution in [3.8, 4) is 5.75 Å². The quantitative estimate of drug-likeness (QED) is 0.819. The van der Waals surface area contributed by atoms with Crippen molar-refractivity contribution >= 4 is 15.9 Å². The summed E-state index contributed by atoms with van der Waals surface area (Å²) in [5.41, 5.74) is 1.13. The second-order valence-electron chi connectivity index (χ2n) is 6.46. The van der Waals surface area contributed by atoms with Gasteiger partial charge in [0, 0.05) is 31.0 Å². The van der Waals surface area contributed by atoms with Crippen molar-refractivity contribution in [3.63, 3.8) is 0 Å². The van der Waals surface area contributed by atoms with E-state index in [0.29, 0.717) is 13.1 Å². The van der Waals surface area contributed by atoms with Crippen LogP contribution in [0.4, 0.5) is 0 Å². The molecule has 1 aromatic heterocycles. The maximum atomic E-state index is 12.9. The zero-order valence-electron chi connectivity index (χ0n) is 15.4. The molecule has 2 aromatic rings. The molecular formula is C19H23N3O4S. The molecule has 7 nitrogen and oxygen atoms in total. The van der Waals surface area contributed by atoms with Gasteiger partial charge in [-0.1, -0.05) is 6.07 Å². The first kappa shape index (κ1) is 19.3. The van der Waals surface area contributed by atoms with Crippen LogP contribution in [0, 0.1) is 0 Å². The lowest BCUT2D eigenvalue weighted by molar-refractivity contribution is 0.0939. The molecule has 27 heavy (non-hydrogen) atoms. The van der Waals surface area contributed by atoms with E-state index in [1.807, 2.05) is 13.0 Å². The van der Waals surface area contributed by atoms with E-state index in [1.165, 1.54) is 23.5 Å². The Bertz CT molecular complexity index is 910. The van der Waals surface area contributed by atoms with E-state index in [9.17, 15) is 13.2 Å². The van der Waals surface area contributed by atoms with Gasteiger partial charge >= 0.3 is 0 Å². The minimum Gasteiger partial charge on any atom is -0.495 e. The van der Waals surface area contributed by atoms with Crippen molar-refractivity contribution < 1.29 is 17.9 Å². The Morgan fingerprint density at radius 2 is 2.00 bits per heavy atom. The van der Waals surface area contributed by atoms with Gasteiger partial charge in [0.15, 0.2) is 0 Å². The smallest absolute Gasteiger partial charge is 0.251 e. The van der Waals surface area contributed by atoms with Crippen molar-refractivity contribution in [1.29, 1.82) is 0 Å². The van der Waals surface area contributed by atoms with Crippen molar-refractivity contribution in [2.45, 2.75) is 30.7 Å². The molecule has 1 aliphatic rings. The maximum Gasteiger partial charge on any atom is 0.251 e. The molecule has 0 spiro atoms. The Hall–Kier alpha value is -2.45. The lowest BCUT2D eigenvalue weighted by Gasteiger charge is -2.19. The molecule has 0 unspecified atom stereocenters. The van der Waals surface area contributed by atoms with Gasteiger partial charge in [-0.25, -0.2) is 8.42 Å². The van der Waals surface area contributed by atoms with Gasteiger partial charge in [-0.05, 0) is 49.6 Å². The number of sulfonamides is 1. The van der Waals surface area contributed by atoms with Gasteiger partial charge in [-0.15, -0.1) is 0 Å². The third-order valence-corrected chi connectivity index (χ3v) is 6.56. The summed E-state index contributed by atoms with van der Waals surface area (Å²) in [6.07, 6.45) is 5.02. The zero-order valence-corrected chi connectivity index (χ0v) is 16.2. The molecule has 2 heterocycles. The summed E-state index contributed by atoms with van der Waals surface area (Å²) in [7, 11) is -2.28. The number of nitrogens with one attached hydrogen (secondary N) is 1. The number of nitrogens with zero attached hydrogens (tertiary/aromatic N) is 2. The lowest BCUT2D eigenvalue weighted by atomic mass is 10.1. The molecule has 0 aliphatic carbocycles. The predicted molar refractivity (Wildman–Crippen MR) is 101 cm³/mol. The van der Waals surface area contributed by atoms with Crippen molar-refractivity contribution in [2.75, 3.05) is 20.2 Å². The van der Waals surface area contributed by atoms with Crippen molar-refractivity contribution in [2.24, 2.45) is 0 Å². The van der Waals surface area contributed by atoms with Gasteiger partial charge in [-0.2, -0.15) is 4.31 Å². The van der Waals surface area contributed by atoms with Crippen molar-refractivity contribution in [1.82, 2.24) is 14.6 Å². The van der Waals surface area contributed by atoms with E-state index in [4.69, 9.17) is 4.74 Å². The summed E-state index contributed by atoms with van der Waals surface area (Å²) in [5.74, 6) is -0.120. The molecule has 1 saturated heterocycles. The summed E-state index contributed by atoms with van der Waals surface area (Å²) in [4.78, 5) is 16.7. The predicted octanol–water partition coefficient (Wildman–Crippen LogP) is 2.37. The topological polar surface area (TPSA) is 88.6 Å². The summed E-state index contributed by atoms with van der Waals surface area (Å²) in [5, 5.41) is 2.87. The number of carbonyl (C=O) groups is 1. The van der Waals surface area contributed by atoms with Crippen LogP contribution in [0.1, 0.15) is 41.7 Å². The number of ether oxygens (including phenoxy) is 1. The first-order valence-electron chi connectivity index (χ1n) is 8.82. The summed E-state index contributed by atoms with van der Waals surface area (Å²) < 4.78 is 32.5. The number of aromatic nitrogens is 1. The minimum absolute atomic E-state index is 0.0218. The number of carbonyl (C=O) groups excluding carboxylic acids is 1. The first-order chi connectivity index (χ1) is 12.9. The molecule has 3 rings (SSSR count). The maximum absolute atomic E-state index is 12.9. The fourth-order valence-corrected chi connectivity index (χ4v) is 4.78. The second-order valence-corrected chi connectivity index (χ2v) is 8.36. The van der Waals surface area contributed by atoms with E-state index in [-0.39, 0.29) is 28.2 Å². The monoisotopic (exact) mass is 389 g/mol. The van der Waals surface area contributed by atoms with Gasteiger partial charge in [-0.3, -0.25) is 9.78 Å². The van der Waals surface area contributed by atoms with E-state index in [2.05, 4.69) is 10.3 Å². The van der Waals surface area contributed by atoms with Gasteiger partial charge in [0.1, 0.15) is 10.6 Å². The molecule has 0 saturated carbocycles. The fourth-order valence-electron chi connectivity index (χ4n) is 3.08. The number of amides is 1. The number of hydrogen-bond donors (Lipinski definition) is 1. The molecule has 1 atom stereocenters. The Morgan fingerprint density at radius 3 is 2.63 bits per heavy atom. The Labute approximate surface area is 159 Å². The average Bonchev–Trinajstić information content (AvgIpc) is 3.23. The second kappa shape index (κ2) is 8.06. The molecule has 8 heteroatoms. The molecule has 1 aromatic carbocycles. The van der Waals surface area contributed by atoms with E-state index in [0.717, 1.165) is 18.4 Å². The average molecular weight is 389 g/mol. The number of pyridine rings is 1. The zero-order chi connectivity index (χ0) is 19.4. The van der Waals surface area contributed by atoms with Crippen LogP contribution in [-0.4, -0.2) is 43.8 Å². The van der Waals surface area contributed by atoms with Gasteiger partial charge in [0.25, 0.3) is 5.91 Å². The highest BCUT2D eigenvalue weighted by molar-refractivity contribution is 7.89. The molecular weight excluding hydrogens is 366 g/mol. The Kier molecular flexibility index (Phi) is 5.76. The normalized spacial score (nSPS) is 16.1. The molecule has 1 fully saturated rings. The molecule has 0 bridgehead atoms. The van der Waals surface area contributed by atoms with Crippen LogP contribution in [0.25, 0.3) is 0 Å². The largest absolute Gasteiger partial charge is 0.495 e. The molecule has 1 N–H and O–H groups in total. The minimum atomic E-state index is -3.70. The number of rotatable bonds is 6. The molecule has 144 valence electrons. The lowest BCUT2D eigenvalue weighted by Crippen LogP contribution is -2.29. The highest BCUT2D eigenvalue weighted by atomic mass is 32.2. The van der Waals surface area contributed by atoms with Crippen LogP contribution < -0.4 is 10.1 Å². The summed E-state index contributed by atoms with van der Waals surface area (Å²) in [6, 6.07) is 7.88. The van der Waals surface area contributed by atoms with Crippen LogP contribution in [0.5, 0.6) is 5.75 Å². The van der Waals surface area contributed by atoms with E-state index in [1.54, 1.807) is 24.5 Å². The van der Waals surface area contributed by atoms with E-state index < -0.39 is 10.0 Å². The highest BCUT2D eigenvalue weighted by Crippen LogP contribution is 2.30. The standard InChI is InChI=1S/C19H23N3O4S/c1-14(16-6-5-9-20-13-16)21-19(23)15-7-8-17(26-2)18(12-15)27(24,25)22-10-3-4-11-22/h5-9,12-14H,3-4,10-11H2,1-2H3,(H,21,23)/t14-/m1/s1. The van der Waals surface area contributed by atoms with Crippen LogP contribution in [0.3, 0.4) is 0 Å². The number of benzene rings is 1. The molecule has 1 aliphatic heterocycles. The van der Waals surface area contributed by atoms with Crippen molar-refractivity contribution in [3.05, 3.63) is 53.9 Å². The van der Waals surface area contributed by atoms with Gasteiger partial charge in [0.05, 0.1) is 13.2 Å². The number of hydrogen-bond acceptors (Lipinski definition) is 5. The molecule has 0 radical (unpaired) electrons. The van der Waals surface area contributed by atoms with E-state index >= 15 is 0 Å². The summed E-state index contributed by atoms with van der Waals surface area (Å²) in [6.45, 7) is 2.82. The van der Waals surface area contributed by atoms with Gasteiger partial charge in [0.2, 0.25) is 10.0 Å². The fraction of sp³-hybridized carbons (Fsp3) is 0.368. The molecule has 1 amide bonds. The summed E-state index contributed by atoms with van der Waals surface area (Å²) >= 11 is 0. The third-order valence-electron chi connectivity index (χ3n) is 4.64.